The van der Waals surface area contributed by atoms with E-state index in [4.69, 9.17) is 9.72 Å². The highest BCUT2D eigenvalue weighted by atomic mass is 16.5. The first-order chi connectivity index (χ1) is 14.7. The standard InChI is InChI=1S/C24H23N3O3/c1-30-21-14-15(11-12-20(21)27-13-5-10-22(27)28)25-24(29)23-16-6-2-3-8-18(16)26-19-9-4-7-17(19)23/h2-3,6,8,11-12,14H,4-5,7,9-10,13H2,1H3,(H,25,29). The van der Waals surface area contributed by atoms with E-state index in [2.05, 4.69) is 5.32 Å². The summed E-state index contributed by atoms with van der Waals surface area (Å²) in [7, 11) is 1.58. The summed E-state index contributed by atoms with van der Waals surface area (Å²) in [5.74, 6) is 0.538. The second-order valence-electron chi connectivity index (χ2n) is 7.77. The smallest absolute Gasteiger partial charge is 0.256 e. The molecule has 2 aliphatic rings. The molecule has 30 heavy (non-hydrogen) atoms. The van der Waals surface area contributed by atoms with Gasteiger partial charge in [0.2, 0.25) is 5.91 Å². The molecular formula is C24H23N3O3. The number of carbonyl (C=O) groups excluding carboxylic acids is 2. The van der Waals surface area contributed by atoms with Crippen LogP contribution >= 0.6 is 0 Å². The van der Waals surface area contributed by atoms with Crippen LogP contribution in [-0.2, 0) is 17.6 Å². The van der Waals surface area contributed by atoms with Crippen molar-refractivity contribution >= 4 is 34.1 Å². The molecule has 1 N–H and O–H groups in total. The lowest BCUT2D eigenvalue weighted by atomic mass is 10.0. The topological polar surface area (TPSA) is 71.5 Å². The van der Waals surface area contributed by atoms with Crippen molar-refractivity contribution < 1.29 is 14.3 Å². The van der Waals surface area contributed by atoms with Gasteiger partial charge in [0, 0.05) is 35.8 Å². The number of pyridine rings is 1. The number of nitrogens with zero attached hydrogens (tertiary/aromatic N) is 2. The van der Waals surface area contributed by atoms with Crippen molar-refractivity contribution in [3.8, 4) is 5.75 Å². The van der Waals surface area contributed by atoms with Crippen LogP contribution in [0.1, 0.15) is 40.9 Å². The number of aryl methyl sites for hydroxylation is 1. The maximum Gasteiger partial charge on any atom is 0.256 e. The number of aromatic nitrogens is 1. The molecule has 0 spiro atoms. The first-order valence-electron chi connectivity index (χ1n) is 10.4. The highest BCUT2D eigenvalue weighted by Gasteiger charge is 2.26. The van der Waals surface area contributed by atoms with Crippen molar-refractivity contribution in [2.75, 3.05) is 23.9 Å². The van der Waals surface area contributed by atoms with Crippen molar-refractivity contribution in [3.63, 3.8) is 0 Å². The predicted octanol–water partition coefficient (Wildman–Crippen LogP) is 4.11. The van der Waals surface area contributed by atoms with E-state index in [1.165, 1.54) is 0 Å². The number of nitrogens with one attached hydrogen (secondary N) is 1. The zero-order valence-corrected chi connectivity index (χ0v) is 16.9. The van der Waals surface area contributed by atoms with Crippen molar-refractivity contribution in [3.05, 3.63) is 59.3 Å². The zero-order valence-electron chi connectivity index (χ0n) is 16.9. The molecular weight excluding hydrogens is 378 g/mol. The lowest BCUT2D eigenvalue weighted by Gasteiger charge is -2.20. The van der Waals surface area contributed by atoms with Gasteiger partial charge < -0.3 is 15.0 Å². The Hall–Kier alpha value is -3.41. The average Bonchev–Trinajstić information content (AvgIpc) is 3.40. The molecule has 0 unspecified atom stereocenters. The Bertz CT molecular complexity index is 1170. The summed E-state index contributed by atoms with van der Waals surface area (Å²) in [6, 6.07) is 13.2. The summed E-state index contributed by atoms with van der Waals surface area (Å²) in [6.07, 6.45) is 4.20. The molecule has 1 aromatic heterocycles. The molecule has 2 aromatic carbocycles. The van der Waals surface area contributed by atoms with Gasteiger partial charge in [-0.2, -0.15) is 0 Å². The van der Waals surface area contributed by atoms with Gasteiger partial charge in [-0.15, -0.1) is 0 Å². The minimum Gasteiger partial charge on any atom is -0.494 e. The van der Waals surface area contributed by atoms with Crippen LogP contribution in [0.3, 0.4) is 0 Å². The Morgan fingerprint density at radius 1 is 1.10 bits per heavy atom. The molecule has 1 fully saturated rings. The number of methoxy groups -OCH3 is 1. The van der Waals surface area contributed by atoms with Gasteiger partial charge in [0.05, 0.1) is 23.9 Å². The summed E-state index contributed by atoms with van der Waals surface area (Å²) in [5, 5.41) is 3.91. The van der Waals surface area contributed by atoms with Crippen molar-refractivity contribution in [1.29, 1.82) is 0 Å². The molecule has 1 aliphatic carbocycles. The number of anilines is 2. The van der Waals surface area contributed by atoms with Gasteiger partial charge in [-0.05, 0) is 49.4 Å². The van der Waals surface area contributed by atoms with Gasteiger partial charge in [-0.25, -0.2) is 0 Å². The fourth-order valence-electron chi connectivity index (χ4n) is 4.55. The number of rotatable bonds is 4. The third kappa shape index (κ3) is 3.09. The quantitative estimate of drug-likeness (QED) is 0.714. The summed E-state index contributed by atoms with van der Waals surface area (Å²) in [4.78, 5) is 32.0. The highest BCUT2D eigenvalue weighted by molar-refractivity contribution is 6.14. The molecule has 3 aromatic rings. The minimum atomic E-state index is -0.140. The molecule has 6 nitrogen and oxygen atoms in total. The van der Waals surface area contributed by atoms with Crippen molar-refractivity contribution in [2.45, 2.75) is 32.1 Å². The van der Waals surface area contributed by atoms with Crippen molar-refractivity contribution in [2.24, 2.45) is 0 Å². The fraction of sp³-hybridized carbons (Fsp3) is 0.292. The lowest BCUT2D eigenvalue weighted by molar-refractivity contribution is -0.117. The summed E-state index contributed by atoms with van der Waals surface area (Å²) in [6.45, 7) is 0.691. The monoisotopic (exact) mass is 401 g/mol. The molecule has 5 rings (SSSR count). The van der Waals surface area contributed by atoms with Crippen LogP contribution in [0.15, 0.2) is 42.5 Å². The van der Waals surface area contributed by atoms with Gasteiger partial charge >= 0.3 is 0 Å². The summed E-state index contributed by atoms with van der Waals surface area (Å²) < 4.78 is 5.52. The largest absolute Gasteiger partial charge is 0.494 e. The van der Waals surface area contributed by atoms with E-state index in [0.717, 1.165) is 53.5 Å². The van der Waals surface area contributed by atoms with Crippen LogP contribution in [0.2, 0.25) is 0 Å². The van der Waals surface area contributed by atoms with Gasteiger partial charge in [0.15, 0.2) is 0 Å². The van der Waals surface area contributed by atoms with Crippen LogP contribution in [0.4, 0.5) is 11.4 Å². The molecule has 2 amide bonds. The molecule has 2 heterocycles. The zero-order chi connectivity index (χ0) is 20.7. The fourth-order valence-corrected chi connectivity index (χ4v) is 4.55. The molecule has 1 aliphatic heterocycles. The van der Waals surface area contributed by atoms with Gasteiger partial charge in [0.25, 0.3) is 5.91 Å². The Labute approximate surface area is 174 Å². The van der Waals surface area contributed by atoms with Gasteiger partial charge in [0.1, 0.15) is 5.75 Å². The van der Waals surface area contributed by atoms with Crippen molar-refractivity contribution in [1.82, 2.24) is 4.98 Å². The highest BCUT2D eigenvalue weighted by Crippen LogP contribution is 2.35. The van der Waals surface area contributed by atoms with E-state index in [0.29, 0.717) is 30.0 Å². The minimum absolute atomic E-state index is 0.101. The maximum absolute atomic E-state index is 13.3. The third-order valence-corrected chi connectivity index (χ3v) is 5.95. The Morgan fingerprint density at radius 2 is 1.97 bits per heavy atom. The molecule has 0 radical (unpaired) electrons. The van der Waals surface area contributed by atoms with Crippen LogP contribution in [0, 0.1) is 0 Å². The van der Waals surface area contributed by atoms with Crippen LogP contribution < -0.4 is 15.0 Å². The third-order valence-electron chi connectivity index (χ3n) is 5.95. The molecule has 1 saturated heterocycles. The predicted molar refractivity (Wildman–Crippen MR) is 116 cm³/mol. The molecule has 6 heteroatoms. The lowest BCUT2D eigenvalue weighted by Crippen LogP contribution is -2.24. The number of ether oxygens (including phenoxy) is 1. The van der Waals surface area contributed by atoms with E-state index < -0.39 is 0 Å². The number of fused-ring (bicyclic) bond motifs is 2. The number of benzene rings is 2. The first-order valence-corrected chi connectivity index (χ1v) is 10.4. The Morgan fingerprint density at radius 3 is 2.77 bits per heavy atom. The number of hydrogen-bond donors (Lipinski definition) is 1. The van der Waals surface area contributed by atoms with Gasteiger partial charge in [-0.1, -0.05) is 18.2 Å². The van der Waals surface area contributed by atoms with E-state index >= 15 is 0 Å². The number of hydrogen-bond acceptors (Lipinski definition) is 4. The second-order valence-corrected chi connectivity index (χ2v) is 7.77. The number of para-hydroxylation sites is 1. The maximum atomic E-state index is 13.3. The molecule has 0 saturated carbocycles. The normalized spacial score (nSPS) is 15.5. The average molecular weight is 401 g/mol. The van der Waals surface area contributed by atoms with Crippen LogP contribution in [0.25, 0.3) is 10.9 Å². The van der Waals surface area contributed by atoms with Crippen LogP contribution in [0.5, 0.6) is 5.75 Å². The molecule has 152 valence electrons. The van der Waals surface area contributed by atoms with E-state index in [9.17, 15) is 9.59 Å². The van der Waals surface area contributed by atoms with E-state index in [-0.39, 0.29) is 11.8 Å². The summed E-state index contributed by atoms with van der Waals surface area (Å²) >= 11 is 0. The molecule has 0 bridgehead atoms. The Balaban J connectivity index is 1.50. The SMILES string of the molecule is COc1cc(NC(=O)c2c3c(nc4ccccc24)CCC3)ccc1N1CCCC1=O. The van der Waals surface area contributed by atoms with Crippen LogP contribution in [-0.4, -0.2) is 30.5 Å². The Kier molecular flexibility index (Phi) is 4.62. The molecule has 0 atom stereocenters. The summed E-state index contributed by atoms with van der Waals surface area (Å²) in [5.41, 5.74) is 5.03. The second kappa shape index (κ2) is 7.44. The van der Waals surface area contributed by atoms with E-state index in [1.54, 1.807) is 18.1 Å². The van der Waals surface area contributed by atoms with Gasteiger partial charge in [-0.3, -0.25) is 14.6 Å². The number of carbonyl (C=O) groups is 2. The number of amides is 2. The van der Waals surface area contributed by atoms with E-state index in [1.807, 2.05) is 36.4 Å². The first kappa shape index (κ1) is 18.6.